The van der Waals surface area contributed by atoms with Crippen LogP contribution >= 0.6 is 34.8 Å². The molecule has 3 nitrogen and oxygen atoms in total. The maximum atomic E-state index is 11.5. The van der Waals surface area contributed by atoms with E-state index in [0.29, 0.717) is 28.0 Å². The minimum absolute atomic E-state index is 0.0452. The van der Waals surface area contributed by atoms with Crippen LogP contribution in [-0.4, -0.2) is 30.4 Å². The molecule has 1 saturated heterocycles. The van der Waals surface area contributed by atoms with Crippen LogP contribution in [0.15, 0.2) is 12.1 Å². The number of nitrogens with one attached hydrogen (secondary N) is 1. The van der Waals surface area contributed by atoms with Crippen LogP contribution in [-0.2, 0) is 4.79 Å². The third kappa shape index (κ3) is 3.40. The number of hydrogen-bond donors (Lipinski definition) is 1. The molecular formula is C14H17Cl3N2O. The van der Waals surface area contributed by atoms with E-state index in [9.17, 15) is 4.79 Å². The van der Waals surface area contributed by atoms with E-state index in [0.717, 1.165) is 12.0 Å². The summed E-state index contributed by atoms with van der Waals surface area (Å²) in [6.07, 6.45) is 1.42. The number of piperidine rings is 1. The van der Waals surface area contributed by atoms with Crippen molar-refractivity contribution < 1.29 is 4.79 Å². The Labute approximate surface area is 134 Å². The number of benzene rings is 1. The van der Waals surface area contributed by atoms with E-state index in [1.54, 1.807) is 11.0 Å². The monoisotopic (exact) mass is 334 g/mol. The van der Waals surface area contributed by atoms with E-state index in [4.69, 9.17) is 34.8 Å². The zero-order valence-corrected chi connectivity index (χ0v) is 13.7. The molecule has 1 aliphatic heterocycles. The average Bonchev–Trinajstić information content (AvgIpc) is 2.40. The molecule has 2 rings (SSSR count). The molecule has 1 fully saturated rings. The van der Waals surface area contributed by atoms with Gasteiger partial charge in [-0.15, -0.1) is 0 Å². The lowest BCUT2D eigenvalue weighted by atomic mass is 10.0. The zero-order chi connectivity index (χ0) is 14.9. The SMILES string of the molecule is CC(NC1CCC(=O)N(C)C1)c1ccc(Cl)c(Cl)c1Cl. The van der Waals surface area contributed by atoms with Crippen LogP contribution in [0.4, 0.5) is 0 Å². The number of halogens is 3. The van der Waals surface area contributed by atoms with Gasteiger partial charge >= 0.3 is 0 Å². The fourth-order valence-corrected chi connectivity index (χ4v) is 3.17. The van der Waals surface area contributed by atoms with Gasteiger partial charge in [0, 0.05) is 32.1 Å². The molecule has 1 amide bonds. The summed E-state index contributed by atoms with van der Waals surface area (Å²) in [5.41, 5.74) is 0.917. The van der Waals surface area contributed by atoms with Gasteiger partial charge in [-0.25, -0.2) is 0 Å². The number of likely N-dealkylation sites (N-methyl/N-ethyl adjacent to an activating group) is 1. The molecule has 6 heteroatoms. The van der Waals surface area contributed by atoms with E-state index >= 15 is 0 Å². The van der Waals surface area contributed by atoms with Crippen molar-refractivity contribution in [3.63, 3.8) is 0 Å². The van der Waals surface area contributed by atoms with Crippen LogP contribution < -0.4 is 5.32 Å². The van der Waals surface area contributed by atoms with Crippen molar-refractivity contribution in [1.29, 1.82) is 0 Å². The fraction of sp³-hybridized carbons (Fsp3) is 0.500. The highest BCUT2D eigenvalue weighted by molar-refractivity contribution is 6.48. The lowest BCUT2D eigenvalue weighted by molar-refractivity contribution is -0.132. The van der Waals surface area contributed by atoms with Crippen LogP contribution in [0.3, 0.4) is 0 Å². The molecule has 0 bridgehead atoms. The van der Waals surface area contributed by atoms with Gasteiger partial charge in [0.25, 0.3) is 0 Å². The molecule has 110 valence electrons. The number of carbonyl (C=O) groups is 1. The first-order chi connectivity index (χ1) is 9.40. The Hall–Kier alpha value is -0.480. The van der Waals surface area contributed by atoms with Crippen molar-refractivity contribution in [1.82, 2.24) is 10.2 Å². The molecule has 0 spiro atoms. The smallest absolute Gasteiger partial charge is 0.222 e. The molecular weight excluding hydrogens is 319 g/mol. The molecule has 0 aromatic heterocycles. The minimum Gasteiger partial charge on any atom is -0.344 e. The molecule has 1 aliphatic rings. The molecule has 0 saturated carbocycles. The van der Waals surface area contributed by atoms with E-state index in [1.807, 2.05) is 20.0 Å². The maximum absolute atomic E-state index is 11.5. The van der Waals surface area contributed by atoms with E-state index in [1.165, 1.54) is 0 Å². The highest BCUT2D eigenvalue weighted by Crippen LogP contribution is 2.35. The predicted molar refractivity (Wildman–Crippen MR) is 83.7 cm³/mol. The molecule has 1 aromatic rings. The van der Waals surface area contributed by atoms with Gasteiger partial charge in [0.05, 0.1) is 15.1 Å². The van der Waals surface area contributed by atoms with Crippen molar-refractivity contribution in [2.75, 3.05) is 13.6 Å². The summed E-state index contributed by atoms with van der Waals surface area (Å²) < 4.78 is 0. The minimum atomic E-state index is 0.0452. The summed E-state index contributed by atoms with van der Waals surface area (Å²) in [5, 5.41) is 4.82. The summed E-state index contributed by atoms with van der Waals surface area (Å²) in [6.45, 7) is 2.74. The Morgan fingerprint density at radius 3 is 2.65 bits per heavy atom. The van der Waals surface area contributed by atoms with Gasteiger partial charge in [0.2, 0.25) is 5.91 Å². The molecule has 1 N–H and O–H groups in total. The van der Waals surface area contributed by atoms with Gasteiger partial charge in [0.15, 0.2) is 0 Å². The highest BCUT2D eigenvalue weighted by atomic mass is 35.5. The Balaban J connectivity index is 2.07. The largest absolute Gasteiger partial charge is 0.344 e. The second kappa shape index (κ2) is 6.52. The van der Waals surface area contributed by atoms with Gasteiger partial charge < -0.3 is 10.2 Å². The molecule has 2 atom stereocenters. The topological polar surface area (TPSA) is 32.3 Å². The number of carbonyl (C=O) groups excluding carboxylic acids is 1. The van der Waals surface area contributed by atoms with E-state index in [-0.39, 0.29) is 18.0 Å². The van der Waals surface area contributed by atoms with E-state index in [2.05, 4.69) is 5.32 Å². The summed E-state index contributed by atoms with van der Waals surface area (Å²) in [7, 11) is 1.83. The maximum Gasteiger partial charge on any atom is 0.222 e. The number of amides is 1. The molecule has 1 aromatic carbocycles. The average molecular weight is 336 g/mol. The fourth-order valence-electron chi connectivity index (χ4n) is 2.47. The van der Waals surface area contributed by atoms with Crippen molar-refractivity contribution in [3.8, 4) is 0 Å². The van der Waals surface area contributed by atoms with Crippen LogP contribution in [0.2, 0.25) is 15.1 Å². The summed E-state index contributed by atoms with van der Waals surface area (Å²) in [4.78, 5) is 13.2. The molecule has 2 unspecified atom stereocenters. The Morgan fingerprint density at radius 1 is 1.30 bits per heavy atom. The molecule has 0 aliphatic carbocycles. The number of rotatable bonds is 3. The van der Waals surface area contributed by atoms with Gasteiger partial charge in [-0.05, 0) is 25.0 Å². The van der Waals surface area contributed by atoms with Crippen molar-refractivity contribution in [2.45, 2.75) is 31.8 Å². The third-order valence-electron chi connectivity index (χ3n) is 3.64. The van der Waals surface area contributed by atoms with Crippen molar-refractivity contribution in [3.05, 3.63) is 32.8 Å². The first-order valence-electron chi connectivity index (χ1n) is 6.53. The Kier molecular flexibility index (Phi) is 5.19. The second-order valence-corrected chi connectivity index (χ2v) is 6.33. The first-order valence-corrected chi connectivity index (χ1v) is 7.67. The second-order valence-electron chi connectivity index (χ2n) is 5.16. The van der Waals surface area contributed by atoms with Gasteiger partial charge in [-0.1, -0.05) is 40.9 Å². The summed E-state index contributed by atoms with van der Waals surface area (Å²) in [5.74, 6) is 0.197. The first kappa shape index (κ1) is 15.9. The Morgan fingerprint density at radius 2 is 2.00 bits per heavy atom. The zero-order valence-electron chi connectivity index (χ0n) is 11.4. The standard InChI is InChI=1S/C14H17Cl3N2O/c1-8(10-4-5-11(15)14(17)13(10)16)18-9-3-6-12(20)19(2)7-9/h4-5,8-9,18H,3,6-7H2,1-2H3. The van der Waals surface area contributed by atoms with Gasteiger partial charge in [-0.3, -0.25) is 4.79 Å². The summed E-state index contributed by atoms with van der Waals surface area (Å²) >= 11 is 18.2. The van der Waals surface area contributed by atoms with Crippen molar-refractivity contribution >= 4 is 40.7 Å². The number of likely N-dealkylation sites (tertiary alicyclic amines) is 1. The highest BCUT2D eigenvalue weighted by Gasteiger charge is 2.25. The number of hydrogen-bond acceptors (Lipinski definition) is 2. The normalized spacial score (nSPS) is 21.1. The van der Waals surface area contributed by atoms with E-state index < -0.39 is 0 Å². The molecule has 1 heterocycles. The van der Waals surface area contributed by atoms with Crippen LogP contribution in [0.5, 0.6) is 0 Å². The lowest BCUT2D eigenvalue weighted by Crippen LogP contribution is -2.47. The molecule has 0 radical (unpaired) electrons. The van der Waals surface area contributed by atoms with Gasteiger partial charge in [0.1, 0.15) is 0 Å². The molecule has 20 heavy (non-hydrogen) atoms. The van der Waals surface area contributed by atoms with Crippen LogP contribution in [0, 0.1) is 0 Å². The van der Waals surface area contributed by atoms with Crippen LogP contribution in [0.25, 0.3) is 0 Å². The van der Waals surface area contributed by atoms with Crippen molar-refractivity contribution in [2.24, 2.45) is 0 Å². The summed E-state index contributed by atoms with van der Waals surface area (Å²) in [6, 6.07) is 3.94. The Bertz CT molecular complexity index is 521. The van der Waals surface area contributed by atoms with Crippen LogP contribution in [0.1, 0.15) is 31.4 Å². The number of nitrogens with zero attached hydrogens (tertiary/aromatic N) is 1. The van der Waals surface area contributed by atoms with Gasteiger partial charge in [-0.2, -0.15) is 0 Å². The quantitative estimate of drug-likeness (QED) is 0.849. The lowest BCUT2D eigenvalue weighted by Gasteiger charge is -2.32. The third-order valence-corrected chi connectivity index (χ3v) is 4.95. The predicted octanol–water partition coefficient (Wildman–Crippen LogP) is 3.92.